The third kappa shape index (κ3) is 2.54. The maximum Gasteiger partial charge on any atom is 0.182 e. The number of carbonyl (C=O) groups is 1. The molecule has 2 heterocycles. The predicted octanol–water partition coefficient (Wildman–Crippen LogP) is 3.44. The monoisotopic (exact) mass is 280 g/mol. The van der Waals surface area contributed by atoms with Crippen LogP contribution in [0.15, 0.2) is 24.4 Å². The average Bonchev–Trinajstić information content (AvgIpc) is 2.65. The maximum absolute atomic E-state index is 12.9. The van der Waals surface area contributed by atoms with Gasteiger partial charge in [0.15, 0.2) is 5.78 Å². The second kappa shape index (κ2) is 5.13. The van der Waals surface area contributed by atoms with Crippen molar-refractivity contribution >= 4 is 17.4 Å². The molecule has 100 valence electrons. The lowest BCUT2D eigenvalue weighted by atomic mass is 10.1. The topological polar surface area (TPSA) is 34.9 Å². The normalized spacial score (nSPS) is 12.5. The first-order valence-corrected chi connectivity index (χ1v) is 6.34. The van der Waals surface area contributed by atoms with E-state index in [1.807, 2.05) is 18.4 Å². The Labute approximate surface area is 116 Å². The molecule has 5 heteroatoms. The van der Waals surface area contributed by atoms with Gasteiger partial charge in [-0.1, -0.05) is 0 Å². The number of carbonyl (C=O) groups excluding carboxylic acids is 1. The Morgan fingerprint density at radius 3 is 2.63 bits per heavy atom. The Kier molecular flexibility index (Phi) is 3.71. The first-order chi connectivity index (χ1) is 8.91. The van der Waals surface area contributed by atoms with E-state index < -0.39 is 11.2 Å². The molecule has 1 atom stereocenters. The van der Waals surface area contributed by atoms with Gasteiger partial charge in [-0.25, -0.2) is 9.37 Å². The molecule has 19 heavy (non-hydrogen) atoms. The van der Waals surface area contributed by atoms with E-state index in [9.17, 15) is 9.18 Å². The molecule has 2 rings (SSSR count). The van der Waals surface area contributed by atoms with Gasteiger partial charge < -0.3 is 4.57 Å². The zero-order valence-corrected chi connectivity index (χ0v) is 11.7. The standard InChI is InChI=1S/C14H14ClFN2O/c1-8-6-12(14(19)9(2)15)10(3)18(8)13-5-4-11(16)7-17-13/h4-7,9H,1-3H3. The zero-order valence-electron chi connectivity index (χ0n) is 10.9. The van der Waals surface area contributed by atoms with Crippen molar-refractivity contribution in [2.24, 2.45) is 0 Å². The van der Waals surface area contributed by atoms with Gasteiger partial charge in [0.05, 0.1) is 11.6 Å². The molecule has 0 saturated carbocycles. The van der Waals surface area contributed by atoms with Gasteiger partial charge in [-0.15, -0.1) is 11.6 Å². The summed E-state index contributed by atoms with van der Waals surface area (Å²) in [6, 6.07) is 4.70. The lowest BCUT2D eigenvalue weighted by Crippen LogP contribution is -2.12. The fourth-order valence-corrected chi connectivity index (χ4v) is 2.20. The van der Waals surface area contributed by atoms with Crippen molar-refractivity contribution in [1.29, 1.82) is 0 Å². The molecular weight excluding hydrogens is 267 g/mol. The maximum atomic E-state index is 12.9. The van der Waals surface area contributed by atoms with Crippen molar-refractivity contribution in [2.75, 3.05) is 0 Å². The van der Waals surface area contributed by atoms with Crippen LogP contribution < -0.4 is 0 Å². The first-order valence-electron chi connectivity index (χ1n) is 5.91. The van der Waals surface area contributed by atoms with Crippen LogP contribution in [0.1, 0.15) is 28.7 Å². The molecule has 0 spiro atoms. The fraction of sp³-hybridized carbons (Fsp3) is 0.286. The first kappa shape index (κ1) is 13.7. The minimum Gasteiger partial charge on any atom is -0.302 e. The molecule has 1 unspecified atom stereocenters. The predicted molar refractivity (Wildman–Crippen MR) is 72.6 cm³/mol. The van der Waals surface area contributed by atoms with Crippen LogP contribution in [0, 0.1) is 19.7 Å². The SMILES string of the molecule is Cc1cc(C(=O)C(C)Cl)c(C)n1-c1ccc(F)cn1. The number of Topliss-reactive ketones (excluding diaryl/α,β-unsaturated/α-hetero) is 1. The summed E-state index contributed by atoms with van der Waals surface area (Å²) in [5.41, 5.74) is 2.19. The second-order valence-electron chi connectivity index (χ2n) is 4.44. The van der Waals surface area contributed by atoms with Crippen molar-refractivity contribution in [1.82, 2.24) is 9.55 Å². The summed E-state index contributed by atoms with van der Waals surface area (Å²) in [6.07, 6.45) is 1.15. The van der Waals surface area contributed by atoms with E-state index in [2.05, 4.69) is 4.98 Å². The van der Waals surface area contributed by atoms with Gasteiger partial charge in [0.1, 0.15) is 11.6 Å². The van der Waals surface area contributed by atoms with E-state index in [-0.39, 0.29) is 5.78 Å². The van der Waals surface area contributed by atoms with Gasteiger partial charge in [-0.2, -0.15) is 0 Å². The van der Waals surface area contributed by atoms with Crippen LogP contribution in [0.25, 0.3) is 5.82 Å². The summed E-state index contributed by atoms with van der Waals surface area (Å²) >= 11 is 5.84. The Bertz CT molecular complexity index is 617. The quantitative estimate of drug-likeness (QED) is 0.638. The van der Waals surface area contributed by atoms with Gasteiger partial charge in [0.2, 0.25) is 0 Å². The Morgan fingerprint density at radius 2 is 2.11 bits per heavy atom. The van der Waals surface area contributed by atoms with Gasteiger partial charge in [-0.05, 0) is 39.0 Å². The van der Waals surface area contributed by atoms with Crippen molar-refractivity contribution < 1.29 is 9.18 Å². The molecule has 2 aromatic heterocycles. The minimum absolute atomic E-state index is 0.122. The van der Waals surface area contributed by atoms with E-state index in [1.54, 1.807) is 19.1 Å². The summed E-state index contributed by atoms with van der Waals surface area (Å²) in [5.74, 6) is 0.0673. The number of aromatic nitrogens is 2. The van der Waals surface area contributed by atoms with Crippen LogP contribution in [-0.4, -0.2) is 20.7 Å². The van der Waals surface area contributed by atoms with Crippen LogP contribution in [0.4, 0.5) is 4.39 Å². The van der Waals surface area contributed by atoms with Crippen molar-refractivity contribution in [3.05, 3.63) is 47.2 Å². The molecule has 0 saturated heterocycles. The Balaban J connectivity index is 2.54. The van der Waals surface area contributed by atoms with Crippen LogP contribution in [-0.2, 0) is 0 Å². The van der Waals surface area contributed by atoms with Crippen molar-refractivity contribution in [3.8, 4) is 5.82 Å². The van der Waals surface area contributed by atoms with E-state index in [1.165, 1.54) is 6.07 Å². The summed E-state index contributed by atoms with van der Waals surface area (Å²) < 4.78 is 14.7. The number of hydrogen-bond acceptors (Lipinski definition) is 2. The van der Waals surface area contributed by atoms with E-state index >= 15 is 0 Å². The average molecular weight is 281 g/mol. The number of aryl methyl sites for hydroxylation is 1. The third-order valence-electron chi connectivity index (χ3n) is 3.00. The molecule has 0 aliphatic carbocycles. The molecule has 2 aromatic rings. The fourth-order valence-electron chi connectivity index (χ4n) is 2.08. The number of pyridine rings is 1. The van der Waals surface area contributed by atoms with E-state index in [4.69, 9.17) is 11.6 Å². The highest BCUT2D eigenvalue weighted by Crippen LogP contribution is 2.21. The molecule has 0 fully saturated rings. The molecule has 0 radical (unpaired) electrons. The Morgan fingerprint density at radius 1 is 1.42 bits per heavy atom. The van der Waals surface area contributed by atoms with Crippen molar-refractivity contribution in [2.45, 2.75) is 26.1 Å². The molecule has 0 N–H and O–H groups in total. The molecule has 3 nitrogen and oxygen atoms in total. The van der Waals surface area contributed by atoms with Gasteiger partial charge in [0, 0.05) is 17.0 Å². The summed E-state index contributed by atoms with van der Waals surface area (Å²) in [4.78, 5) is 16.0. The smallest absolute Gasteiger partial charge is 0.182 e. The number of ketones is 1. The molecular formula is C14H14ClFN2O. The van der Waals surface area contributed by atoms with Gasteiger partial charge in [0.25, 0.3) is 0 Å². The highest BCUT2D eigenvalue weighted by atomic mass is 35.5. The van der Waals surface area contributed by atoms with E-state index in [0.717, 1.165) is 17.6 Å². The molecule has 0 aliphatic rings. The van der Waals surface area contributed by atoms with Crippen LogP contribution >= 0.6 is 11.6 Å². The van der Waals surface area contributed by atoms with Crippen molar-refractivity contribution in [3.63, 3.8) is 0 Å². The summed E-state index contributed by atoms with van der Waals surface area (Å²) in [6.45, 7) is 5.34. The Hall–Kier alpha value is -1.68. The number of halogens is 2. The summed E-state index contributed by atoms with van der Waals surface area (Å²) in [7, 11) is 0. The largest absolute Gasteiger partial charge is 0.302 e. The van der Waals surface area contributed by atoms with E-state index in [0.29, 0.717) is 11.4 Å². The summed E-state index contributed by atoms with van der Waals surface area (Å²) in [5, 5.41) is -0.574. The molecule has 0 aliphatic heterocycles. The van der Waals surface area contributed by atoms with Gasteiger partial charge >= 0.3 is 0 Å². The van der Waals surface area contributed by atoms with Crippen LogP contribution in [0.2, 0.25) is 0 Å². The molecule has 0 amide bonds. The third-order valence-corrected chi connectivity index (χ3v) is 3.20. The number of nitrogens with zero attached hydrogens (tertiary/aromatic N) is 2. The molecule has 0 aromatic carbocycles. The van der Waals surface area contributed by atoms with Gasteiger partial charge in [-0.3, -0.25) is 4.79 Å². The lowest BCUT2D eigenvalue weighted by Gasteiger charge is -2.08. The highest BCUT2D eigenvalue weighted by molar-refractivity contribution is 6.33. The van der Waals surface area contributed by atoms with Crippen LogP contribution in [0.3, 0.4) is 0 Å². The highest BCUT2D eigenvalue weighted by Gasteiger charge is 2.20. The number of alkyl halides is 1. The van der Waals surface area contributed by atoms with Crippen LogP contribution in [0.5, 0.6) is 0 Å². The molecule has 0 bridgehead atoms. The lowest BCUT2D eigenvalue weighted by molar-refractivity contribution is 0.0991. The second-order valence-corrected chi connectivity index (χ2v) is 5.09. The number of rotatable bonds is 3. The number of hydrogen-bond donors (Lipinski definition) is 0. The zero-order chi connectivity index (χ0) is 14.2. The minimum atomic E-state index is -0.574.